The molecule has 1 heterocycles. The fraction of sp³-hybridized carbons (Fsp3) is 0.118. The maximum atomic E-state index is 6.40. The van der Waals surface area contributed by atoms with Gasteiger partial charge in [0, 0.05) is 23.8 Å². The number of benzene rings is 2. The van der Waals surface area contributed by atoms with E-state index in [0.717, 1.165) is 5.56 Å². The molecule has 0 radical (unpaired) electrons. The number of imidazole rings is 1. The molecule has 142 valence electrons. The lowest BCUT2D eigenvalue weighted by atomic mass is 10.1. The van der Waals surface area contributed by atoms with Crippen LogP contribution in [-0.4, -0.2) is 9.55 Å². The van der Waals surface area contributed by atoms with Crippen molar-refractivity contribution < 1.29 is 0 Å². The van der Waals surface area contributed by atoms with Crippen molar-refractivity contribution in [1.82, 2.24) is 9.55 Å². The lowest BCUT2D eigenvalue weighted by Crippen LogP contribution is -2.05. The predicted molar refractivity (Wildman–Crippen MR) is 119 cm³/mol. The summed E-state index contributed by atoms with van der Waals surface area (Å²) in [6, 6.07) is 5.44. The molecule has 1 unspecified atom stereocenters. The number of rotatable bonds is 5. The standard InChI is InChI=1S/C17H9Cl7N2S/c18-9-2-1-8(5-10(9)19)11(6-26-4-3-25-7-26)27-17-15(23)13(21)12(20)14(22)16(17)24/h1-5,7,11H,6H2. The van der Waals surface area contributed by atoms with Gasteiger partial charge >= 0.3 is 0 Å². The van der Waals surface area contributed by atoms with E-state index in [9.17, 15) is 0 Å². The van der Waals surface area contributed by atoms with E-state index in [1.165, 1.54) is 11.8 Å². The topological polar surface area (TPSA) is 17.8 Å². The molecule has 0 spiro atoms. The van der Waals surface area contributed by atoms with Crippen LogP contribution in [0.5, 0.6) is 0 Å². The molecule has 10 heteroatoms. The molecule has 0 aliphatic carbocycles. The zero-order valence-electron chi connectivity index (χ0n) is 13.2. The maximum Gasteiger partial charge on any atom is 0.0946 e. The highest BCUT2D eigenvalue weighted by atomic mass is 35.5. The van der Waals surface area contributed by atoms with Gasteiger partial charge < -0.3 is 4.57 Å². The Morgan fingerprint density at radius 2 is 1.48 bits per heavy atom. The van der Waals surface area contributed by atoms with Gasteiger partial charge in [-0.25, -0.2) is 4.98 Å². The molecule has 1 atom stereocenters. The minimum atomic E-state index is -0.128. The zero-order valence-corrected chi connectivity index (χ0v) is 19.3. The third kappa shape index (κ3) is 4.79. The summed E-state index contributed by atoms with van der Waals surface area (Å²) in [5, 5.41) is 1.73. The van der Waals surface area contributed by atoms with Crippen LogP contribution < -0.4 is 0 Å². The molecule has 27 heavy (non-hydrogen) atoms. The molecule has 0 bridgehead atoms. The van der Waals surface area contributed by atoms with Crippen LogP contribution in [0.1, 0.15) is 10.8 Å². The van der Waals surface area contributed by atoms with Crippen molar-refractivity contribution in [1.29, 1.82) is 0 Å². The highest BCUT2D eigenvalue weighted by Gasteiger charge is 2.24. The van der Waals surface area contributed by atoms with Crippen molar-refractivity contribution in [2.45, 2.75) is 16.7 Å². The van der Waals surface area contributed by atoms with Crippen molar-refractivity contribution in [3.05, 3.63) is 77.6 Å². The van der Waals surface area contributed by atoms with Crippen LogP contribution >= 0.6 is 93.0 Å². The molecule has 1 aromatic heterocycles. The number of aromatic nitrogens is 2. The average Bonchev–Trinajstić information content (AvgIpc) is 3.16. The van der Waals surface area contributed by atoms with E-state index in [-0.39, 0.29) is 30.4 Å². The van der Waals surface area contributed by atoms with Gasteiger partial charge in [-0.05, 0) is 17.7 Å². The Kier molecular flexibility index (Phi) is 7.43. The van der Waals surface area contributed by atoms with E-state index in [1.54, 1.807) is 24.7 Å². The minimum absolute atomic E-state index is 0.124. The normalized spacial score (nSPS) is 12.4. The van der Waals surface area contributed by atoms with Crippen LogP contribution in [0, 0.1) is 0 Å². The molecule has 3 aromatic rings. The van der Waals surface area contributed by atoms with Gasteiger partial charge in [0.25, 0.3) is 0 Å². The third-order valence-corrected chi connectivity index (χ3v) is 8.27. The molecule has 0 amide bonds. The van der Waals surface area contributed by atoms with Gasteiger partial charge in [-0.3, -0.25) is 0 Å². The second-order valence-corrected chi connectivity index (χ2v) is 9.36. The molecule has 0 aliphatic heterocycles. The van der Waals surface area contributed by atoms with Gasteiger partial charge in [-0.15, -0.1) is 11.8 Å². The van der Waals surface area contributed by atoms with Crippen LogP contribution in [0.4, 0.5) is 0 Å². The van der Waals surface area contributed by atoms with Crippen molar-refractivity contribution in [3.63, 3.8) is 0 Å². The number of halogens is 7. The SMILES string of the molecule is Clc1ccc(C(Cn2ccnc2)Sc2c(Cl)c(Cl)c(Cl)c(Cl)c2Cl)cc1Cl. The molecule has 2 nitrogen and oxygen atoms in total. The summed E-state index contributed by atoms with van der Waals surface area (Å²) in [4.78, 5) is 4.61. The Bertz CT molecular complexity index is 947. The number of thioether (sulfide) groups is 1. The lowest BCUT2D eigenvalue weighted by molar-refractivity contribution is 0.683. The van der Waals surface area contributed by atoms with Crippen LogP contribution in [-0.2, 0) is 6.54 Å². The van der Waals surface area contributed by atoms with E-state index in [4.69, 9.17) is 81.2 Å². The Morgan fingerprint density at radius 3 is 2.04 bits per heavy atom. The fourth-order valence-electron chi connectivity index (χ4n) is 2.34. The van der Waals surface area contributed by atoms with Crippen molar-refractivity contribution in [3.8, 4) is 0 Å². The number of hydrogen-bond acceptors (Lipinski definition) is 2. The Balaban J connectivity index is 2.05. The molecular formula is C17H9Cl7N2S. The highest BCUT2D eigenvalue weighted by Crippen LogP contribution is 2.51. The van der Waals surface area contributed by atoms with Gasteiger partial charge in [0.2, 0.25) is 0 Å². The Morgan fingerprint density at radius 1 is 0.852 bits per heavy atom. The van der Waals surface area contributed by atoms with E-state index in [1.807, 2.05) is 16.8 Å². The van der Waals surface area contributed by atoms with Crippen molar-refractivity contribution in [2.24, 2.45) is 0 Å². The second-order valence-electron chi connectivity index (χ2n) is 5.44. The van der Waals surface area contributed by atoms with E-state index >= 15 is 0 Å². The molecular weight excluding hydrogens is 512 g/mol. The summed E-state index contributed by atoms with van der Waals surface area (Å²) < 4.78 is 1.93. The minimum Gasteiger partial charge on any atom is -0.336 e. The summed E-state index contributed by atoms with van der Waals surface area (Å²) in [6.45, 7) is 0.577. The van der Waals surface area contributed by atoms with Crippen molar-refractivity contribution in [2.75, 3.05) is 0 Å². The molecule has 0 fully saturated rings. The molecule has 0 N–H and O–H groups in total. The average molecular weight is 522 g/mol. The summed E-state index contributed by atoms with van der Waals surface area (Å²) in [7, 11) is 0. The number of nitrogens with zero attached hydrogens (tertiary/aromatic N) is 2. The number of hydrogen-bond donors (Lipinski definition) is 0. The Labute approximate surface area is 195 Å². The van der Waals surface area contributed by atoms with Gasteiger partial charge in [-0.2, -0.15) is 0 Å². The Hall–Kier alpha value is 0.0300. The van der Waals surface area contributed by atoms with E-state index in [0.29, 0.717) is 21.5 Å². The van der Waals surface area contributed by atoms with Gasteiger partial charge in [-0.1, -0.05) is 87.3 Å². The first-order chi connectivity index (χ1) is 12.8. The first kappa shape index (κ1) is 21.7. The van der Waals surface area contributed by atoms with Crippen LogP contribution in [0.25, 0.3) is 0 Å². The van der Waals surface area contributed by atoms with Crippen LogP contribution in [0.3, 0.4) is 0 Å². The monoisotopic (exact) mass is 518 g/mol. The van der Waals surface area contributed by atoms with Gasteiger partial charge in [0.15, 0.2) is 0 Å². The fourth-order valence-corrected chi connectivity index (χ4v) is 5.39. The second kappa shape index (κ2) is 9.23. The summed E-state index contributed by atoms with van der Waals surface area (Å²) in [5.74, 6) is 0. The largest absolute Gasteiger partial charge is 0.336 e. The van der Waals surface area contributed by atoms with Gasteiger partial charge in [0.1, 0.15) is 0 Å². The molecule has 0 saturated heterocycles. The molecule has 2 aromatic carbocycles. The third-order valence-electron chi connectivity index (χ3n) is 3.68. The zero-order chi connectivity index (χ0) is 19.7. The molecule has 0 saturated carbocycles. The summed E-state index contributed by atoms with van der Waals surface area (Å²) in [6.07, 6.45) is 5.28. The first-order valence-corrected chi connectivity index (χ1v) is 10.9. The molecule has 3 rings (SSSR count). The highest BCUT2D eigenvalue weighted by molar-refractivity contribution is 7.99. The predicted octanol–water partition coefficient (Wildman–Crippen LogP) is 8.99. The summed E-state index contributed by atoms with van der Waals surface area (Å²) in [5.41, 5.74) is 0.928. The van der Waals surface area contributed by atoms with Crippen LogP contribution in [0.2, 0.25) is 35.2 Å². The van der Waals surface area contributed by atoms with Gasteiger partial charge in [0.05, 0.1) is 46.7 Å². The van der Waals surface area contributed by atoms with E-state index in [2.05, 4.69) is 4.98 Å². The van der Waals surface area contributed by atoms with Crippen molar-refractivity contribution >= 4 is 93.0 Å². The maximum absolute atomic E-state index is 6.40. The quantitative estimate of drug-likeness (QED) is 0.189. The first-order valence-electron chi connectivity index (χ1n) is 7.38. The smallest absolute Gasteiger partial charge is 0.0946 e. The molecule has 0 aliphatic rings. The lowest BCUT2D eigenvalue weighted by Gasteiger charge is -2.21. The summed E-state index contributed by atoms with van der Waals surface area (Å²) >= 11 is 44.9. The van der Waals surface area contributed by atoms with Crippen LogP contribution in [0.15, 0.2) is 41.8 Å². The van der Waals surface area contributed by atoms with E-state index < -0.39 is 0 Å².